The summed E-state index contributed by atoms with van der Waals surface area (Å²) < 4.78 is 20.3. The molecule has 0 saturated carbocycles. The van der Waals surface area contributed by atoms with Crippen molar-refractivity contribution < 1.29 is 28.5 Å². The van der Waals surface area contributed by atoms with E-state index in [1.54, 1.807) is 43.5 Å². The highest BCUT2D eigenvalue weighted by molar-refractivity contribution is 6.32. The Kier molecular flexibility index (Phi) is 7.71. The van der Waals surface area contributed by atoms with Crippen LogP contribution in [-0.2, 0) is 14.3 Å². The molecule has 0 aliphatic carbocycles. The summed E-state index contributed by atoms with van der Waals surface area (Å²) in [7, 11) is 4.47. The summed E-state index contributed by atoms with van der Waals surface area (Å²) in [6.45, 7) is -0.464. The van der Waals surface area contributed by atoms with E-state index < -0.39 is 18.5 Å². The van der Waals surface area contributed by atoms with Crippen LogP contribution < -0.4 is 19.5 Å². The summed E-state index contributed by atoms with van der Waals surface area (Å²) in [6.07, 6.45) is 2.79. The minimum Gasteiger partial charge on any atom is -0.497 e. The lowest BCUT2D eigenvalue weighted by atomic mass is 10.2. The summed E-state index contributed by atoms with van der Waals surface area (Å²) in [5.41, 5.74) is 1.10. The number of nitrogens with one attached hydrogen (secondary N) is 1. The van der Waals surface area contributed by atoms with Crippen LogP contribution in [0.3, 0.4) is 0 Å². The highest BCUT2D eigenvalue weighted by atomic mass is 35.5. The fraction of sp³-hybridized carbons (Fsp3) is 0.200. The lowest BCUT2D eigenvalue weighted by molar-refractivity contribution is -0.142. The van der Waals surface area contributed by atoms with Gasteiger partial charge < -0.3 is 24.3 Å². The molecule has 0 spiro atoms. The van der Waals surface area contributed by atoms with Crippen molar-refractivity contribution in [2.75, 3.05) is 33.3 Å². The molecule has 148 valence electrons. The Morgan fingerprint density at radius 2 is 1.79 bits per heavy atom. The second kappa shape index (κ2) is 10.2. The maximum absolute atomic E-state index is 12.0. The van der Waals surface area contributed by atoms with Crippen LogP contribution in [0, 0.1) is 0 Å². The quantitative estimate of drug-likeness (QED) is 0.534. The van der Waals surface area contributed by atoms with E-state index in [0.717, 1.165) is 5.56 Å². The molecule has 1 N–H and O–H groups in total. The lowest BCUT2D eigenvalue weighted by Gasteiger charge is -2.13. The zero-order valence-corrected chi connectivity index (χ0v) is 16.4. The maximum atomic E-state index is 12.0. The Morgan fingerprint density at radius 3 is 2.46 bits per heavy atom. The minimum absolute atomic E-state index is 0.303. The highest BCUT2D eigenvalue weighted by Gasteiger charge is 2.13. The van der Waals surface area contributed by atoms with E-state index in [1.807, 2.05) is 0 Å². The normalized spacial score (nSPS) is 10.4. The van der Waals surface area contributed by atoms with Crippen molar-refractivity contribution in [1.82, 2.24) is 0 Å². The standard InChI is InChI=1S/C20H20ClNO6/c1-25-14-6-4-5-13(9-14)7-8-20(24)28-12-19(23)22-16-10-15(21)17(26-2)11-18(16)27-3/h4-11H,12H2,1-3H3,(H,22,23). The number of ether oxygens (including phenoxy) is 4. The fourth-order valence-electron chi connectivity index (χ4n) is 2.24. The minimum atomic E-state index is -0.655. The van der Waals surface area contributed by atoms with Gasteiger partial charge in [0.1, 0.15) is 17.2 Å². The fourth-order valence-corrected chi connectivity index (χ4v) is 2.48. The van der Waals surface area contributed by atoms with Gasteiger partial charge in [-0.1, -0.05) is 23.7 Å². The molecule has 0 heterocycles. The van der Waals surface area contributed by atoms with Crippen LogP contribution in [0.25, 0.3) is 6.08 Å². The highest BCUT2D eigenvalue weighted by Crippen LogP contribution is 2.35. The number of methoxy groups -OCH3 is 3. The van der Waals surface area contributed by atoms with E-state index in [2.05, 4.69) is 5.32 Å². The Balaban J connectivity index is 1.92. The average molecular weight is 406 g/mol. The van der Waals surface area contributed by atoms with Crippen molar-refractivity contribution in [3.63, 3.8) is 0 Å². The van der Waals surface area contributed by atoms with E-state index in [0.29, 0.717) is 28.0 Å². The topological polar surface area (TPSA) is 83.1 Å². The first kappa shape index (κ1) is 21.1. The van der Waals surface area contributed by atoms with Crippen molar-refractivity contribution in [3.8, 4) is 17.2 Å². The molecular weight excluding hydrogens is 386 g/mol. The van der Waals surface area contributed by atoms with Gasteiger partial charge in [0.15, 0.2) is 6.61 Å². The summed E-state index contributed by atoms with van der Waals surface area (Å²) in [5.74, 6) is 0.242. The number of carbonyl (C=O) groups is 2. The average Bonchev–Trinajstić information content (AvgIpc) is 2.71. The van der Waals surface area contributed by atoms with Gasteiger partial charge in [0.2, 0.25) is 0 Å². The van der Waals surface area contributed by atoms with Crippen molar-refractivity contribution in [2.45, 2.75) is 0 Å². The molecular formula is C20H20ClNO6. The van der Waals surface area contributed by atoms with Gasteiger partial charge in [-0.25, -0.2) is 4.79 Å². The molecule has 2 rings (SSSR count). The third-order valence-electron chi connectivity index (χ3n) is 3.60. The second-order valence-corrected chi connectivity index (χ2v) is 5.86. The first-order valence-electron chi connectivity index (χ1n) is 8.17. The van der Waals surface area contributed by atoms with E-state index in [-0.39, 0.29) is 0 Å². The Bertz CT molecular complexity index is 881. The van der Waals surface area contributed by atoms with Gasteiger partial charge in [-0.05, 0) is 29.8 Å². The lowest BCUT2D eigenvalue weighted by Crippen LogP contribution is -2.20. The largest absolute Gasteiger partial charge is 0.497 e. The van der Waals surface area contributed by atoms with Crippen molar-refractivity contribution in [2.24, 2.45) is 0 Å². The SMILES string of the molecule is COc1cccc(C=CC(=O)OCC(=O)Nc2cc(Cl)c(OC)cc2OC)c1. The third-order valence-corrected chi connectivity index (χ3v) is 3.89. The number of rotatable bonds is 8. The molecule has 0 aromatic heterocycles. The second-order valence-electron chi connectivity index (χ2n) is 5.45. The molecule has 0 radical (unpaired) electrons. The summed E-state index contributed by atoms with van der Waals surface area (Å²) in [5, 5.41) is 2.88. The van der Waals surface area contributed by atoms with E-state index in [9.17, 15) is 9.59 Å². The van der Waals surface area contributed by atoms with E-state index >= 15 is 0 Å². The molecule has 0 bridgehead atoms. The van der Waals surface area contributed by atoms with Crippen LogP contribution >= 0.6 is 11.6 Å². The van der Waals surface area contributed by atoms with Gasteiger partial charge in [0, 0.05) is 12.1 Å². The summed E-state index contributed by atoms with van der Waals surface area (Å²) in [4.78, 5) is 23.9. The van der Waals surface area contributed by atoms with Crippen LogP contribution in [0.1, 0.15) is 5.56 Å². The third kappa shape index (κ3) is 5.92. The number of anilines is 1. The van der Waals surface area contributed by atoms with Crippen LogP contribution in [0.15, 0.2) is 42.5 Å². The molecule has 7 nitrogen and oxygen atoms in total. The predicted molar refractivity (Wildman–Crippen MR) is 106 cm³/mol. The van der Waals surface area contributed by atoms with Crippen LogP contribution in [0.4, 0.5) is 5.69 Å². The first-order chi connectivity index (χ1) is 13.5. The Morgan fingerprint density at radius 1 is 1.04 bits per heavy atom. The summed E-state index contributed by atoms with van der Waals surface area (Å²) in [6, 6.07) is 10.2. The molecule has 2 aromatic carbocycles. The molecule has 0 unspecified atom stereocenters. The molecule has 0 aliphatic heterocycles. The number of hydrogen-bond donors (Lipinski definition) is 1. The van der Waals surface area contributed by atoms with Crippen LogP contribution in [-0.4, -0.2) is 39.8 Å². The molecule has 0 aliphatic rings. The zero-order valence-electron chi connectivity index (χ0n) is 15.7. The van der Waals surface area contributed by atoms with Crippen LogP contribution in [0.5, 0.6) is 17.2 Å². The van der Waals surface area contributed by atoms with Gasteiger partial charge in [0.05, 0.1) is 32.0 Å². The number of hydrogen-bond acceptors (Lipinski definition) is 6. The van der Waals surface area contributed by atoms with Crippen molar-refractivity contribution in [1.29, 1.82) is 0 Å². The Hall–Kier alpha value is -3.19. The van der Waals surface area contributed by atoms with Gasteiger partial charge >= 0.3 is 5.97 Å². The Labute approximate surface area is 167 Å². The monoisotopic (exact) mass is 405 g/mol. The van der Waals surface area contributed by atoms with Gasteiger partial charge in [-0.3, -0.25) is 4.79 Å². The number of halogens is 1. The van der Waals surface area contributed by atoms with E-state index in [4.69, 9.17) is 30.5 Å². The molecule has 0 atom stereocenters. The van der Waals surface area contributed by atoms with E-state index in [1.165, 1.54) is 26.4 Å². The summed E-state index contributed by atoms with van der Waals surface area (Å²) >= 11 is 6.06. The number of amides is 1. The zero-order chi connectivity index (χ0) is 20.5. The first-order valence-corrected chi connectivity index (χ1v) is 8.55. The van der Waals surface area contributed by atoms with Crippen molar-refractivity contribution in [3.05, 3.63) is 53.1 Å². The smallest absolute Gasteiger partial charge is 0.331 e. The molecule has 0 fully saturated rings. The molecule has 2 aromatic rings. The molecule has 28 heavy (non-hydrogen) atoms. The van der Waals surface area contributed by atoms with Gasteiger partial charge in [-0.2, -0.15) is 0 Å². The molecule has 1 amide bonds. The van der Waals surface area contributed by atoms with Crippen molar-refractivity contribution >= 4 is 35.2 Å². The van der Waals surface area contributed by atoms with Gasteiger partial charge in [-0.15, -0.1) is 0 Å². The molecule has 0 saturated heterocycles. The maximum Gasteiger partial charge on any atom is 0.331 e. The predicted octanol–water partition coefficient (Wildman–Crippen LogP) is 3.56. The van der Waals surface area contributed by atoms with Crippen LogP contribution in [0.2, 0.25) is 5.02 Å². The number of esters is 1. The molecule has 8 heteroatoms. The number of benzene rings is 2. The van der Waals surface area contributed by atoms with Gasteiger partial charge in [0.25, 0.3) is 5.91 Å². The number of carbonyl (C=O) groups excluding carboxylic acids is 2.